The minimum atomic E-state index is -0.0815. The number of hydrogen-bond donors (Lipinski definition) is 0. The van der Waals surface area contributed by atoms with Crippen molar-refractivity contribution in [3.05, 3.63) is 64.7 Å². The number of benzene rings is 2. The van der Waals surface area contributed by atoms with Crippen molar-refractivity contribution in [3.8, 4) is 11.5 Å². The molecule has 6 nitrogen and oxygen atoms in total. The van der Waals surface area contributed by atoms with Crippen molar-refractivity contribution in [2.75, 3.05) is 40.4 Å². The number of carbonyl (C=O) groups excluding carboxylic acids is 2. The van der Waals surface area contributed by atoms with Crippen LogP contribution in [0.15, 0.2) is 48.5 Å². The molecule has 2 aromatic carbocycles. The van der Waals surface area contributed by atoms with Crippen LogP contribution in [0.25, 0.3) is 6.08 Å². The number of nitrogens with zero attached hydrogens (tertiary/aromatic N) is 2. The summed E-state index contributed by atoms with van der Waals surface area (Å²) >= 11 is 5.89. The number of hydrogen-bond acceptors (Lipinski definition) is 4. The maximum absolute atomic E-state index is 12.9. The molecular weight excluding hydrogens is 404 g/mol. The molecule has 0 aromatic heterocycles. The molecule has 3 rings (SSSR count). The summed E-state index contributed by atoms with van der Waals surface area (Å²) < 4.78 is 10.5. The molecule has 158 valence electrons. The molecule has 0 bridgehead atoms. The lowest BCUT2D eigenvalue weighted by atomic mass is 10.1. The normalized spacial score (nSPS) is 14.5. The van der Waals surface area contributed by atoms with E-state index in [2.05, 4.69) is 0 Å². The topological polar surface area (TPSA) is 59.1 Å². The van der Waals surface area contributed by atoms with Crippen molar-refractivity contribution in [1.29, 1.82) is 0 Å². The largest absolute Gasteiger partial charge is 0.493 e. The molecule has 1 saturated heterocycles. The van der Waals surface area contributed by atoms with Gasteiger partial charge in [-0.15, -0.1) is 0 Å². The fourth-order valence-corrected chi connectivity index (χ4v) is 3.47. The van der Waals surface area contributed by atoms with Crippen LogP contribution in [0.3, 0.4) is 0 Å². The fraction of sp³-hybridized carbons (Fsp3) is 0.304. The van der Waals surface area contributed by atoms with Crippen molar-refractivity contribution in [2.24, 2.45) is 0 Å². The lowest BCUT2D eigenvalue weighted by Gasteiger charge is -2.22. The SMILES string of the molecule is COc1ccc(C(=O)N2CCCN(C(=O)/C=C/c3ccc(Cl)cc3)CC2)cc1OC. The minimum absolute atomic E-state index is 0.0645. The van der Waals surface area contributed by atoms with E-state index in [9.17, 15) is 9.59 Å². The predicted octanol–water partition coefficient (Wildman–Crippen LogP) is 3.75. The van der Waals surface area contributed by atoms with E-state index in [1.54, 1.807) is 66.5 Å². The Balaban J connectivity index is 1.62. The van der Waals surface area contributed by atoms with Crippen molar-refractivity contribution >= 4 is 29.5 Å². The molecule has 1 aliphatic rings. The lowest BCUT2D eigenvalue weighted by molar-refractivity contribution is -0.125. The first-order valence-corrected chi connectivity index (χ1v) is 10.1. The van der Waals surface area contributed by atoms with Crippen molar-refractivity contribution in [2.45, 2.75) is 6.42 Å². The Bertz CT molecular complexity index is 927. The Morgan fingerprint density at radius 2 is 1.57 bits per heavy atom. The second kappa shape index (κ2) is 10.2. The maximum Gasteiger partial charge on any atom is 0.254 e. The number of amides is 2. The molecule has 0 spiro atoms. The van der Waals surface area contributed by atoms with Gasteiger partial charge in [-0.3, -0.25) is 9.59 Å². The summed E-state index contributed by atoms with van der Waals surface area (Å²) in [6, 6.07) is 12.4. The van der Waals surface area contributed by atoms with E-state index in [1.165, 1.54) is 0 Å². The first-order chi connectivity index (χ1) is 14.5. The average Bonchev–Trinajstić information content (AvgIpc) is 3.04. The Morgan fingerprint density at radius 3 is 2.27 bits per heavy atom. The van der Waals surface area contributed by atoms with E-state index in [4.69, 9.17) is 21.1 Å². The molecule has 0 atom stereocenters. The van der Waals surface area contributed by atoms with Crippen LogP contribution in [0.5, 0.6) is 11.5 Å². The fourth-order valence-electron chi connectivity index (χ4n) is 3.34. The Hall–Kier alpha value is -2.99. The van der Waals surface area contributed by atoms with Gasteiger partial charge in [-0.2, -0.15) is 0 Å². The van der Waals surface area contributed by atoms with Gasteiger partial charge >= 0.3 is 0 Å². The molecule has 1 fully saturated rings. The average molecular weight is 429 g/mol. The van der Waals surface area contributed by atoms with Gasteiger partial charge in [0.05, 0.1) is 14.2 Å². The summed E-state index contributed by atoms with van der Waals surface area (Å²) in [6.07, 6.45) is 4.06. The molecule has 0 aliphatic carbocycles. The Labute approximate surface area is 181 Å². The summed E-state index contributed by atoms with van der Waals surface area (Å²) in [5, 5.41) is 0.658. The van der Waals surface area contributed by atoms with E-state index in [-0.39, 0.29) is 11.8 Å². The quantitative estimate of drug-likeness (QED) is 0.680. The van der Waals surface area contributed by atoms with Crippen molar-refractivity contribution < 1.29 is 19.1 Å². The molecule has 2 aromatic rings. The van der Waals surface area contributed by atoms with Gasteiger partial charge in [0.1, 0.15) is 0 Å². The third kappa shape index (κ3) is 5.33. The molecule has 30 heavy (non-hydrogen) atoms. The maximum atomic E-state index is 12.9. The van der Waals surface area contributed by atoms with E-state index in [0.717, 1.165) is 12.0 Å². The van der Waals surface area contributed by atoms with E-state index < -0.39 is 0 Å². The zero-order chi connectivity index (χ0) is 21.5. The van der Waals surface area contributed by atoms with Crippen LogP contribution in [0.4, 0.5) is 0 Å². The van der Waals surface area contributed by atoms with Crippen LogP contribution >= 0.6 is 11.6 Å². The molecule has 1 heterocycles. The highest BCUT2D eigenvalue weighted by Crippen LogP contribution is 2.28. The predicted molar refractivity (Wildman–Crippen MR) is 117 cm³/mol. The zero-order valence-corrected chi connectivity index (χ0v) is 17.9. The van der Waals surface area contributed by atoms with Crippen LogP contribution in [0, 0.1) is 0 Å². The summed E-state index contributed by atoms with van der Waals surface area (Å²) in [7, 11) is 3.10. The number of carbonyl (C=O) groups is 2. The molecule has 2 amide bonds. The standard InChI is InChI=1S/C23H25ClN2O4/c1-29-20-10-7-18(16-21(20)30-2)23(28)26-13-3-12-25(14-15-26)22(27)11-6-17-4-8-19(24)9-5-17/h4-11,16H,3,12-15H2,1-2H3/b11-6+. The van der Waals surface area contributed by atoms with Gasteiger partial charge in [-0.1, -0.05) is 23.7 Å². The first kappa shape index (κ1) is 21.7. The molecule has 1 aliphatic heterocycles. The molecule has 0 N–H and O–H groups in total. The molecule has 7 heteroatoms. The monoisotopic (exact) mass is 428 g/mol. The van der Waals surface area contributed by atoms with E-state index >= 15 is 0 Å². The summed E-state index contributed by atoms with van der Waals surface area (Å²) in [5.74, 6) is 0.948. The summed E-state index contributed by atoms with van der Waals surface area (Å²) in [4.78, 5) is 29.1. The third-order valence-corrected chi connectivity index (χ3v) is 5.27. The molecule has 0 saturated carbocycles. The Kier molecular flexibility index (Phi) is 7.36. The van der Waals surface area contributed by atoms with Crippen LogP contribution < -0.4 is 9.47 Å². The van der Waals surface area contributed by atoms with E-state index in [0.29, 0.717) is 48.3 Å². The van der Waals surface area contributed by atoms with E-state index in [1.807, 2.05) is 12.1 Å². The summed E-state index contributed by atoms with van der Waals surface area (Å²) in [5.41, 5.74) is 1.45. The van der Waals surface area contributed by atoms with Gasteiger partial charge in [-0.25, -0.2) is 0 Å². The number of rotatable bonds is 5. The first-order valence-electron chi connectivity index (χ1n) is 9.75. The van der Waals surface area contributed by atoms with Crippen LogP contribution in [-0.4, -0.2) is 62.0 Å². The number of ether oxygens (including phenoxy) is 2. The highest BCUT2D eigenvalue weighted by atomic mass is 35.5. The third-order valence-electron chi connectivity index (χ3n) is 5.01. The lowest BCUT2D eigenvalue weighted by Crippen LogP contribution is -2.36. The van der Waals surface area contributed by atoms with Crippen LogP contribution in [0.1, 0.15) is 22.3 Å². The highest BCUT2D eigenvalue weighted by molar-refractivity contribution is 6.30. The summed E-state index contributed by atoms with van der Waals surface area (Å²) in [6.45, 7) is 2.17. The molecule has 0 radical (unpaired) electrons. The van der Waals surface area contributed by atoms with Crippen LogP contribution in [-0.2, 0) is 4.79 Å². The second-order valence-corrected chi connectivity index (χ2v) is 7.36. The van der Waals surface area contributed by atoms with Gasteiger partial charge in [-0.05, 0) is 48.4 Å². The second-order valence-electron chi connectivity index (χ2n) is 6.93. The molecular formula is C23H25ClN2O4. The van der Waals surface area contributed by atoms with Gasteiger partial charge in [0, 0.05) is 42.8 Å². The van der Waals surface area contributed by atoms with Gasteiger partial charge in [0.2, 0.25) is 5.91 Å². The van der Waals surface area contributed by atoms with Crippen molar-refractivity contribution in [3.63, 3.8) is 0 Å². The molecule has 0 unspecified atom stereocenters. The van der Waals surface area contributed by atoms with Gasteiger partial charge < -0.3 is 19.3 Å². The van der Waals surface area contributed by atoms with Crippen LogP contribution in [0.2, 0.25) is 5.02 Å². The van der Waals surface area contributed by atoms with Gasteiger partial charge in [0.25, 0.3) is 5.91 Å². The van der Waals surface area contributed by atoms with Crippen molar-refractivity contribution in [1.82, 2.24) is 9.80 Å². The smallest absolute Gasteiger partial charge is 0.254 e. The zero-order valence-electron chi connectivity index (χ0n) is 17.1. The number of halogens is 1. The minimum Gasteiger partial charge on any atom is -0.493 e. The number of methoxy groups -OCH3 is 2. The van der Waals surface area contributed by atoms with Gasteiger partial charge in [0.15, 0.2) is 11.5 Å². The Morgan fingerprint density at radius 1 is 0.900 bits per heavy atom. The highest BCUT2D eigenvalue weighted by Gasteiger charge is 2.22.